The number of nitrogens with zero attached hydrogens (tertiary/aromatic N) is 1. The summed E-state index contributed by atoms with van der Waals surface area (Å²) in [4.78, 5) is 27.4. The number of methoxy groups -OCH3 is 1. The third-order valence-electron chi connectivity index (χ3n) is 9.49. The van der Waals surface area contributed by atoms with Crippen LogP contribution in [0.15, 0.2) is 77.7 Å². The van der Waals surface area contributed by atoms with Gasteiger partial charge in [-0.25, -0.2) is 17.6 Å². The van der Waals surface area contributed by atoms with Crippen LogP contribution in [0.2, 0.25) is 5.02 Å². The average Bonchev–Trinajstić information content (AvgIpc) is 3.06. The van der Waals surface area contributed by atoms with Gasteiger partial charge in [0.05, 0.1) is 24.2 Å². The van der Waals surface area contributed by atoms with E-state index in [1.54, 1.807) is 48.5 Å². The molecule has 2 unspecified atom stereocenters. The average molecular weight is 715 g/mol. The lowest BCUT2D eigenvalue weighted by molar-refractivity contribution is -0.124. The van der Waals surface area contributed by atoms with Gasteiger partial charge in [-0.2, -0.15) is 4.31 Å². The molecule has 3 N–H and O–H groups in total. The lowest BCUT2D eigenvalue weighted by Crippen LogP contribution is -2.60. The van der Waals surface area contributed by atoms with Crippen LogP contribution in [0.25, 0.3) is 0 Å². The number of hydrogen-bond donors (Lipinski definition) is 3. The van der Waals surface area contributed by atoms with E-state index in [2.05, 4.69) is 16.0 Å². The highest BCUT2D eigenvalue weighted by Gasteiger charge is 2.50. The first-order valence-corrected chi connectivity index (χ1v) is 18.3. The van der Waals surface area contributed by atoms with Gasteiger partial charge in [-0.1, -0.05) is 48.0 Å². The van der Waals surface area contributed by atoms with Gasteiger partial charge in [-0.05, 0) is 88.4 Å². The van der Waals surface area contributed by atoms with Crippen LogP contribution < -0.4 is 16.0 Å². The number of anilines is 1. The summed E-state index contributed by atoms with van der Waals surface area (Å²) in [5.41, 5.74) is 0.324. The molecule has 2 heterocycles. The van der Waals surface area contributed by atoms with E-state index in [1.807, 2.05) is 32.9 Å². The van der Waals surface area contributed by atoms with Crippen LogP contribution in [-0.4, -0.2) is 75.3 Å². The van der Waals surface area contributed by atoms with Gasteiger partial charge in [0.25, 0.3) is 0 Å². The van der Waals surface area contributed by atoms with Gasteiger partial charge in [-0.15, -0.1) is 0 Å². The van der Waals surface area contributed by atoms with E-state index >= 15 is 4.39 Å². The molecule has 0 spiro atoms. The third kappa shape index (κ3) is 8.10. The number of alkyl carbamates (subject to hydrolysis) is 1. The SMILES string of the molecule is COC(=O)N[C@H](C(=O)Nc1cccc(F)c1CC[C@H]1CNC[C@H](C)N1S(=O)(=O)c1ccccc1)C1(c2ccc(Cl)cc2)CC(C)O[C@H](C)C1. The molecule has 0 bridgehead atoms. The van der Waals surface area contributed by atoms with Gasteiger partial charge in [0.15, 0.2) is 0 Å². The van der Waals surface area contributed by atoms with Gasteiger partial charge in [0, 0.05) is 46.9 Å². The first-order valence-electron chi connectivity index (χ1n) is 16.5. The van der Waals surface area contributed by atoms with Gasteiger partial charge < -0.3 is 25.4 Å². The number of hydrogen-bond acceptors (Lipinski definition) is 7. The van der Waals surface area contributed by atoms with Crippen LogP contribution in [0.3, 0.4) is 0 Å². The fraction of sp³-hybridized carbons (Fsp3) is 0.444. The van der Waals surface area contributed by atoms with Crippen molar-refractivity contribution >= 4 is 39.3 Å². The van der Waals surface area contributed by atoms with Gasteiger partial charge in [0.1, 0.15) is 11.9 Å². The highest BCUT2D eigenvalue weighted by atomic mass is 35.5. The molecule has 3 aromatic rings. The molecule has 264 valence electrons. The Kier molecular flexibility index (Phi) is 11.7. The second-order valence-electron chi connectivity index (χ2n) is 13.0. The Morgan fingerprint density at radius 2 is 1.69 bits per heavy atom. The smallest absolute Gasteiger partial charge is 0.407 e. The predicted octanol–water partition coefficient (Wildman–Crippen LogP) is 5.65. The molecule has 0 saturated carbocycles. The second-order valence-corrected chi connectivity index (χ2v) is 15.3. The van der Waals surface area contributed by atoms with Gasteiger partial charge in [0.2, 0.25) is 15.9 Å². The topological polar surface area (TPSA) is 126 Å². The molecule has 6 atom stereocenters. The lowest BCUT2D eigenvalue weighted by atomic mass is 9.65. The summed E-state index contributed by atoms with van der Waals surface area (Å²) >= 11 is 6.23. The molecule has 2 amide bonds. The highest BCUT2D eigenvalue weighted by molar-refractivity contribution is 7.89. The van der Waals surface area contributed by atoms with Crippen molar-refractivity contribution in [1.82, 2.24) is 14.9 Å². The molecule has 49 heavy (non-hydrogen) atoms. The Bertz CT molecular complexity index is 1720. The van der Waals surface area contributed by atoms with Gasteiger partial charge in [-0.3, -0.25) is 4.79 Å². The number of piperazine rings is 1. The monoisotopic (exact) mass is 714 g/mol. The second kappa shape index (κ2) is 15.6. The Labute approximate surface area is 292 Å². The minimum atomic E-state index is -3.83. The number of carbonyl (C=O) groups is 2. The van der Waals surface area contributed by atoms with Crippen LogP contribution in [0.5, 0.6) is 0 Å². The van der Waals surface area contributed by atoms with E-state index in [1.165, 1.54) is 23.5 Å². The summed E-state index contributed by atoms with van der Waals surface area (Å²) in [6.45, 7) is 6.55. The zero-order valence-corrected chi connectivity index (χ0v) is 29.7. The van der Waals surface area contributed by atoms with E-state index in [4.69, 9.17) is 21.1 Å². The fourth-order valence-electron chi connectivity index (χ4n) is 7.47. The van der Waals surface area contributed by atoms with Gasteiger partial charge >= 0.3 is 6.09 Å². The molecule has 2 aliphatic rings. The Hall–Kier alpha value is -3.55. The molecular formula is C36H44ClFN4O6S. The van der Waals surface area contributed by atoms with Crippen LogP contribution in [0.1, 0.15) is 51.2 Å². The Balaban J connectivity index is 1.46. The molecule has 5 rings (SSSR count). The lowest BCUT2D eigenvalue weighted by Gasteiger charge is -2.47. The Morgan fingerprint density at radius 1 is 1.02 bits per heavy atom. The molecule has 2 aliphatic heterocycles. The fourth-order valence-corrected chi connectivity index (χ4v) is 9.47. The molecule has 3 aromatic carbocycles. The van der Waals surface area contributed by atoms with E-state index in [0.717, 1.165) is 5.56 Å². The van der Waals surface area contributed by atoms with Crippen molar-refractivity contribution in [3.8, 4) is 0 Å². The predicted molar refractivity (Wildman–Crippen MR) is 187 cm³/mol. The number of ether oxygens (including phenoxy) is 2. The minimum absolute atomic E-state index is 0.140. The van der Waals surface area contributed by atoms with Crippen molar-refractivity contribution in [2.45, 2.75) is 87.1 Å². The van der Waals surface area contributed by atoms with Crippen molar-refractivity contribution in [2.75, 3.05) is 25.5 Å². The summed E-state index contributed by atoms with van der Waals surface area (Å²) in [7, 11) is -2.60. The van der Waals surface area contributed by atoms with E-state index in [0.29, 0.717) is 31.0 Å². The number of halogens is 2. The summed E-state index contributed by atoms with van der Waals surface area (Å²) < 4.78 is 55.6. The molecule has 0 aromatic heterocycles. The zero-order valence-electron chi connectivity index (χ0n) is 28.1. The zero-order chi connectivity index (χ0) is 35.3. The van der Waals surface area contributed by atoms with Crippen molar-refractivity contribution in [1.29, 1.82) is 0 Å². The van der Waals surface area contributed by atoms with Crippen LogP contribution >= 0.6 is 11.6 Å². The van der Waals surface area contributed by atoms with Crippen LogP contribution in [-0.2, 0) is 36.1 Å². The van der Waals surface area contributed by atoms with E-state index in [-0.39, 0.29) is 47.2 Å². The summed E-state index contributed by atoms with van der Waals surface area (Å²) in [5.74, 6) is -1.10. The largest absolute Gasteiger partial charge is 0.453 e. The number of benzene rings is 3. The van der Waals surface area contributed by atoms with E-state index in [9.17, 15) is 18.0 Å². The first kappa shape index (κ1) is 36.7. The number of rotatable bonds is 10. The molecule has 10 nitrogen and oxygen atoms in total. The summed E-state index contributed by atoms with van der Waals surface area (Å²) in [5, 5.41) is 9.51. The van der Waals surface area contributed by atoms with Crippen molar-refractivity contribution in [3.05, 3.63) is 94.8 Å². The quantitative estimate of drug-likeness (QED) is 0.248. The number of amides is 2. The van der Waals surface area contributed by atoms with Crippen molar-refractivity contribution in [2.24, 2.45) is 0 Å². The van der Waals surface area contributed by atoms with Crippen molar-refractivity contribution < 1.29 is 31.9 Å². The molecule has 13 heteroatoms. The highest BCUT2D eigenvalue weighted by Crippen LogP contribution is 2.43. The van der Waals surface area contributed by atoms with Crippen molar-refractivity contribution in [3.63, 3.8) is 0 Å². The van der Waals surface area contributed by atoms with Crippen LogP contribution in [0, 0.1) is 5.82 Å². The maximum Gasteiger partial charge on any atom is 0.407 e. The van der Waals surface area contributed by atoms with E-state index < -0.39 is 45.3 Å². The van der Waals surface area contributed by atoms with Crippen LogP contribution in [0.4, 0.5) is 14.9 Å². The Morgan fingerprint density at radius 3 is 2.35 bits per heavy atom. The molecule has 2 fully saturated rings. The normalized spacial score (nSPS) is 25.3. The molecule has 0 radical (unpaired) electrons. The minimum Gasteiger partial charge on any atom is -0.453 e. The number of carbonyl (C=O) groups excluding carboxylic acids is 2. The molecule has 2 saturated heterocycles. The standard InChI is InChI=1S/C36H44ClFN4O6S/c1-23-21-39-22-28(42(23)49(45,46)29-9-6-5-7-10-29)17-18-30-31(38)11-8-12-32(30)40-34(43)33(41-35(44)47-4)36(19-24(2)48-25(3)20-36)26-13-15-27(37)16-14-26/h5-16,23-25,28,33,39H,17-22H2,1-4H3,(H,40,43)(H,41,44)/t23-,24+,25?,28-,33+,36?/m0/s1. The third-order valence-corrected chi connectivity index (χ3v) is 11.8. The first-order chi connectivity index (χ1) is 23.4. The number of sulfonamides is 1. The summed E-state index contributed by atoms with van der Waals surface area (Å²) in [6.07, 6.45) is -0.0651. The molecule has 0 aliphatic carbocycles. The maximum atomic E-state index is 15.6. The summed E-state index contributed by atoms with van der Waals surface area (Å²) in [6, 6.07) is 17.9. The molecular weight excluding hydrogens is 671 g/mol. The maximum absolute atomic E-state index is 15.6. The number of nitrogens with one attached hydrogen (secondary N) is 3.